The van der Waals surface area contributed by atoms with Gasteiger partial charge in [-0.15, -0.1) is 0 Å². The van der Waals surface area contributed by atoms with Crippen molar-refractivity contribution >= 4 is 0 Å². The minimum atomic E-state index is 0.0433. The normalized spacial score (nSPS) is 14.5. The Labute approximate surface area is 102 Å². The van der Waals surface area contributed by atoms with Crippen LogP contribution in [0.1, 0.15) is 43.6 Å². The number of hydrogen-bond acceptors (Lipinski definition) is 3. The fourth-order valence-corrected chi connectivity index (χ4v) is 1.94. The predicted octanol–water partition coefficient (Wildman–Crippen LogP) is 2.30. The van der Waals surface area contributed by atoms with Crippen LogP contribution in [0.25, 0.3) is 0 Å². The van der Waals surface area contributed by atoms with Crippen LogP contribution in [0.15, 0.2) is 37.1 Å². The molecule has 2 aromatic rings. The van der Waals surface area contributed by atoms with Gasteiger partial charge in [0.2, 0.25) is 0 Å². The van der Waals surface area contributed by atoms with Crippen molar-refractivity contribution in [2.24, 2.45) is 5.73 Å². The van der Waals surface area contributed by atoms with Crippen LogP contribution in [-0.4, -0.2) is 14.5 Å². The van der Waals surface area contributed by atoms with Gasteiger partial charge in [-0.2, -0.15) is 0 Å². The highest BCUT2D eigenvalue weighted by molar-refractivity contribution is 5.18. The molecule has 1 unspecified atom stereocenters. The molecule has 0 spiro atoms. The summed E-state index contributed by atoms with van der Waals surface area (Å²) in [4.78, 5) is 8.24. The Morgan fingerprint density at radius 2 is 2.00 bits per heavy atom. The highest BCUT2D eigenvalue weighted by Gasteiger charge is 2.15. The Balaban J connectivity index is 2.32. The summed E-state index contributed by atoms with van der Waals surface area (Å²) < 4.78 is 2.13. The fourth-order valence-electron chi connectivity index (χ4n) is 1.94. The smallest absolute Gasteiger partial charge is 0.0954 e. The molecular weight excluding hydrogens is 212 g/mol. The summed E-state index contributed by atoms with van der Waals surface area (Å²) in [6, 6.07) is 4.31. The second-order valence-electron chi connectivity index (χ2n) is 4.20. The first-order valence-corrected chi connectivity index (χ1v) is 5.91. The van der Waals surface area contributed by atoms with Gasteiger partial charge in [0.1, 0.15) is 0 Å². The largest absolute Gasteiger partial charge is 0.326 e. The molecule has 2 N–H and O–H groups in total. The van der Waals surface area contributed by atoms with Gasteiger partial charge in [-0.3, -0.25) is 4.98 Å². The van der Waals surface area contributed by atoms with Crippen molar-refractivity contribution < 1.29 is 0 Å². The van der Waals surface area contributed by atoms with Gasteiger partial charge in [-0.25, -0.2) is 4.98 Å². The maximum absolute atomic E-state index is 6.08. The molecule has 4 nitrogen and oxygen atoms in total. The lowest BCUT2D eigenvalue weighted by Gasteiger charge is -2.19. The van der Waals surface area contributed by atoms with Crippen LogP contribution in [0.2, 0.25) is 0 Å². The summed E-state index contributed by atoms with van der Waals surface area (Å²) >= 11 is 0. The third-order valence-electron chi connectivity index (χ3n) is 3.12. The summed E-state index contributed by atoms with van der Waals surface area (Å²) in [5.74, 6) is 0. The van der Waals surface area contributed by atoms with Gasteiger partial charge >= 0.3 is 0 Å². The number of nitrogens with two attached hydrogens (primary N) is 1. The highest BCUT2D eigenvalue weighted by atomic mass is 15.1. The average Bonchev–Trinajstić information content (AvgIpc) is 2.87. The first-order valence-electron chi connectivity index (χ1n) is 5.91. The van der Waals surface area contributed by atoms with Crippen molar-refractivity contribution in [3.8, 4) is 0 Å². The van der Waals surface area contributed by atoms with Crippen LogP contribution in [-0.2, 0) is 0 Å². The molecule has 0 fully saturated rings. The molecule has 0 aliphatic heterocycles. The van der Waals surface area contributed by atoms with Gasteiger partial charge in [-0.1, -0.05) is 6.92 Å². The molecule has 4 heteroatoms. The molecule has 90 valence electrons. The fraction of sp³-hybridized carbons (Fsp3) is 0.385. The van der Waals surface area contributed by atoms with E-state index in [1.807, 2.05) is 37.1 Å². The molecule has 0 amide bonds. The zero-order valence-electron chi connectivity index (χ0n) is 10.2. The first-order chi connectivity index (χ1) is 8.24. The summed E-state index contributed by atoms with van der Waals surface area (Å²) in [5, 5.41) is 0. The molecule has 0 aromatic carbocycles. The van der Waals surface area contributed by atoms with Gasteiger partial charge in [0.25, 0.3) is 0 Å². The molecule has 2 atom stereocenters. The number of rotatable bonds is 4. The maximum Gasteiger partial charge on any atom is 0.0954 e. The number of nitrogens with zero attached hydrogens (tertiary/aromatic N) is 3. The molecule has 2 heterocycles. The van der Waals surface area contributed by atoms with Gasteiger partial charge in [0.05, 0.1) is 18.1 Å². The monoisotopic (exact) mass is 230 g/mol. The topological polar surface area (TPSA) is 56.7 Å². The van der Waals surface area contributed by atoms with Gasteiger partial charge in [0, 0.05) is 24.6 Å². The van der Waals surface area contributed by atoms with Crippen LogP contribution in [0, 0.1) is 0 Å². The van der Waals surface area contributed by atoms with Crippen molar-refractivity contribution in [3.05, 3.63) is 48.3 Å². The molecule has 0 bridgehead atoms. The standard InChI is InChI=1S/C13H18N4/c1-3-12(14)13-8-16-9-17(13)10(2)11-4-6-15-7-5-11/h4-10,12H,3,14H2,1-2H3/t10?,12-/m1/s1. The summed E-state index contributed by atoms with van der Waals surface area (Å²) in [5.41, 5.74) is 8.37. The van der Waals surface area contributed by atoms with E-state index in [-0.39, 0.29) is 12.1 Å². The Morgan fingerprint density at radius 3 is 2.65 bits per heavy atom. The van der Waals surface area contributed by atoms with E-state index < -0.39 is 0 Å². The van der Waals surface area contributed by atoms with Crippen molar-refractivity contribution in [3.63, 3.8) is 0 Å². The summed E-state index contributed by atoms with van der Waals surface area (Å²) in [6.45, 7) is 4.22. The quantitative estimate of drug-likeness (QED) is 0.876. The first kappa shape index (κ1) is 11.8. The van der Waals surface area contributed by atoms with Crippen molar-refractivity contribution in [1.82, 2.24) is 14.5 Å². The van der Waals surface area contributed by atoms with Crippen LogP contribution in [0.3, 0.4) is 0 Å². The molecule has 17 heavy (non-hydrogen) atoms. The third-order valence-corrected chi connectivity index (χ3v) is 3.12. The number of imidazole rings is 1. The minimum absolute atomic E-state index is 0.0433. The van der Waals surface area contributed by atoms with E-state index in [1.165, 1.54) is 5.56 Å². The van der Waals surface area contributed by atoms with Crippen LogP contribution < -0.4 is 5.73 Å². The SMILES string of the molecule is CC[C@@H](N)c1cncn1C(C)c1ccncc1. The Hall–Kier alpha value is -1.68. The molecule has 0 radical (unpaired) electrons. The van der Waals surface area contributed by atoms with E-state index in [0.717, 1.165) is 12.1 Å². The Bertz CT molecular complexity index is 463. The average molecular weight is 230 g/mol. The number of hydrogen-bond donors (Lipinski definition) is 1. The molecule has 0 aliphatic carbocycles. The van der Waals surface area contributed by atoms with E-state index in [4.69, 9.17) is 5.73 Å². The lowest BCUT2D eigenvalue weighted by Crippen LogP contribution is -2.17. The zero-order chi connectivity index (χ0) is 12.3. The Kier molecular flexibility index (Phi) is 3.54. The van der Waals surface area contributed by atoms with Crippen molar-refractivity contribution in [2.75, 3.05) is 0 Å². The summed E-state index contributed by atoms with van der Waals surface area (Å²) in [6.07, 6.45) is 8.22. The molecule has 0 aliphatic rings. The number of pyridine rings is 1. The van der Waals surface area contributed by atoms with E-state index in [9.17, 15) is 0 Å². The van der Waals surface area contributed by atoms with Crippen molar-refractivity contribution in [1.29, 1.82) is 0 Å². The molecule has 2 rings (SSSR count). The van der Waals surface area contributed by atoms with E-state index in [0.29, 0.717) is 0 Å². The van der Waals surface area contributed by atoms with Crippen LogP contribution in [0.5, 0.6) is 0 Å². The third kappa shape index (κ3) is 2.36. The second-order valence-corrected chi connectivity index (χ2v) is 4.20. The van der Waals surface area contributed by atoms with Gasteiger partial charge in [-0.05, 0) is 31.0 Å². The molecule has 0 saturated heterocycles. The van der Waals surface area contributed by atoms with Gasteiger partial charge < -0.3 is 10.3 Å². The minimum Gasteiger partial charge on any atom is -0.326 e. The molecule has 2 aromatic heterocycles. The predicted molar refractivity (Wildman–Crippen MR) is 67.5 cm³/mol. The van der Waals surface area contributed by atoms with Crippen molar-refractivity contribution in [2.45, 2.75) is 32.4 Å². The van der Waals surface area contributed by atoms with Gasteiger partial charge in [0.15, 0.2) is 0 Å². The molecule has 0 saturated carbocycles. The van der Waals surface area contributed by atoms with Crippen LogP contribution >= 0.6 is 0 Å². The second kappa shape index (κ2) is 5.10. The zero-order valence-corrected chi connectivity index (χ0v) is 10.2. The maximum atomic E-state index is 6.08. The molecular formula is C13H18N4. The lowest BCUT2D eigenvalue weighted by atomic mass is 10.1. The Morgan fingerprint density at radius 1 is 1.29 bits per heavy atom. The van der Waals surface area contributed by atoms with E-state index in [1.54, 1.807) is 0 Å². The van der Waals surface area contributed by atoms with E-state index >= 15 is 0 Å². The highest BCUT2D eigenvalue weighted by Crippen LogP contribution is 2.22. The lowest BCUT2D eigenvalue weighted by molar-refractivity contribution is 0.557. The van der Waals surface area contributed by atoms with E-state index in [2.05, 4.69) is 28.4 Å². The number of aromatic nitrogens is 3. The summed E-state index contributed by atoms with van der Waals surface area (Å²) in [7, 11) is 0. The van der Waals surface area contributed by atoms with Crippen LogP contribution in [0.4, 0.5) is 0 Å².